The zero-order valence-corrected chi connectivity index (χ0v) is 19.2. The van der Waals surface area contributed by atoms with Crippen LogP contribution < -0.4 is 5.49 Å². The Kier molecular flexibility index (Phi) is 6.41. The normalized spacial score (nSPS) is 11.1. The summed E-state index contributed by atoms with van der Waals surface area (Å²) >= 11 is 1.34. The number of amides is 1. The number of H-pyrrole nitrogens is 1. The maximum Gasteiger partial charge on any atom is 0.233 e. The smallest absolute Gasteiger partial charge is 0.233 e. The number of aromatic amines is 1. The van der Waals surface area contributed by atoms with Crippen LogP contribution in [0, 0.1) is 19.3 Å². The largest absolute Gasteiger partial charge is 0.338 e. The molecule has 0 aliphatic rings. The molecular weight excluding hydrogens is 420 g/mol. The van der Waals surface area contributed by atoms with Crippen LogP contribution in [-0.4, -0.2) is 42.9 Å². The van der Waals surface area contributed by atoms with Gasteiger partial charge in [0.2, 0.25) is 5.91 Å². The zero-order chi connectivity index (χ0) is 22.7. The van der Waals surface area contributed by atoms with Crippen molar-refractivity contribution in [2.45, 2.75) is 32.5 Å². The first-order chi connectivity index (χ1) is 15.5. The van der Waals surface area contributed by atoms with Crippen LogP contribution in [0.5, 0.6) is 0 Å². The molecule has 4 aromatic rings. The highest BCUT2D eigenvalue weighted by Crippen LogP contribution is 2.22. The summed E-state index contributed by atoms with van der Waals surface area (Å²) in [5, 5.41) is 17.3. The molecule has 2 aromatic heterocycles. The number of aromatic nitrogens is 4. The fourth-order valence-corrected chi connectivity index (χ4v) is 4.54. The monoisotopic (exact) mass is 446 g/mol. The van der Waals surface area contributed by atoms with E-state index in [9.17, 15) is 4.79 Å². The Balaban J connectivity index is 1.65. The number of carbonyl (C=O) groups excluding carboxylic acids is 1. The minimum absolute atomic E-state index is 0.0313. The van der Waals surface area contributed by atoms with Crippen LogP contribution in [-0.2, 0) is 11.3 Å². The molecule has 7 nitrogen and oxygen atoms in total. The van der Waals surface area contributed by atoms with E-state index in [1.165, 1.54) is 11.8 Å². The maximum absolute atomic E-state index is 13.0. The zero-order valence-electron chi connectivity index (χ0n) is 18.4. The maximum atomic E-state index is 13.0. The van der Waals surface area contributed by atoms with Crippen LogP contribution in [0.15, 0.2) is 59.8 Å². The number of thioether (sulfide) groups is 1. The standard InChI is InChI=1S/C24H26N6OS/c1-4-29(14-18-10-6-5-7-11-18)20(31)15-32-24-26-23-21(17(3)27-28-23)22(25)30(24)19-12-8-9-16(2)13-19/h5-13,25H,4,14-15H2,1-3H3,(H,27,28). The fourth-order valence-electron chi connectivity index (χ4n) is 3.63. The van der Waals surface area contributed by atoms with Gasteiger partial charge in [-0.05, 0) is 44.0 Å². The minimum Gasteiger partial charge on any atom is -0.338 e. The molecule has 0 aliphatic heterocycles. The molecule has 0 unspecified atom stereocenters. The van der Waals surface area contributed by atoms with Gasteiger partial charge in [0.15, 0.2) is 10.8 Å². The van der Waals surface area contributed by atoms with Crippen molar-refractivity contribution in [3.8, 4) is 5.69 Å². The van der Waals surface area contributed by atoms with E-state index in [1.807, 2.05) is 80.3 Å². The third-order valence-electron chi connectivity index (χ3n) is 5.32. The van der Waals surface area contributed by atoms with Crippen molar-refractivity contribution in [1.29, 1.82) is 5.41 Å². The van der Waals surface area contributed by atoms with Crippen molar-refractivity contribution in [3.05, 3.63) is 76.9 Å². The lowest BCUT2D eigenvalue weighted by Gasteiger charge is -2.21. The van der Waals surface area contributed by atoms with Gasteiger partial charge in [0, 0.05) is 24.5 Å². The number of hydrogen-bond donors (Lipinski definition) is 2. The van der Waals surface area contributed by atoms with Crippen molar-refractivity contribution >= 4 is 28.7 Å². The molecule has 4 rings (SSSR count). The first-order valence-electron chi connectivity index (χ1n) is 10.5. The number of nitrogens with one attached hydrogen (secondary N) is 2. The van der Waals surface area contributed by atoms with E-state index >= 15 is 0 Å². The highest BCUT2D eigenvalue weighted by molar-refractivity contribution is 7.99. The predicted octanol–water partition coefficient (Wildman–Crippen LogP) is 3.99. The highest BCUT2D eigenvalue weighted by atomic mass is 32.2. The van der Waals surface area contributed by atoms with Gasteiger partial charge in [-0.15, -0.1) is 0 Å². The molecule has 0 saturated carbocycles. The number of nitrogens with zero attached hydrogens (tertiary/aromatic N) is 4. The average Bonchev–Trinajstić information content (AvgIpc) is 3.17. The molecule has 0 bridgehead atoms. The van der Waals surface area contributed by atoms with Crippen molar-refractivity contribution in [2.24, 2.45) is 0 Å². The first-order valence-corrected chi connectivity index (χ1v) is 11.5. The molecule has 0 saturated heterocycles. The van der Waals surface area contributed by atoms with Crippen LogP contribution in [0.4, 0.5) is 0 Å². The molecule has 0 fully saturated rings. The van der Waals surface area contributed by atoms with E-state index in [1.54, 1.807) is 4.57 Å². The van der Waals surface area contributed by atoms with Crippen LogP contribution in [0.3, 0.4) is 0 Å². The van der Waals surface area contributed by atoms with Gasteiger partial charge >= 0.3 is 0 Å². The van der Waals surface area contributed by atoms with Crippen LogP contribution in [0.25, 0.3) is 16.7 Å². The first kappa shape index (κ1) is 21.8. The summed E-state index contributed by atoms with van der Waals surface area (Å²) in [6.07, 6.45) is 0. The van der Waals surface area contributed by atoms with Crippen molar-refractivity contribution < 1.29 is 4.79 Å². The van der Waals surface area contributed by atoms with Gasteiger partial charge < -0.3 is 4.90 Å². The molecule has 164 valence electrons. The summed E-state index contributed by atoms with van der Waals surface area (Å²) in [6, 6.07) is 17.9. The van der Waals surface area contributed by atoms with E-state index in [4.69, 9.17) is 10.4 Å². The molecule has 1 amide bonds. The molecule has 0 radical (unpaired) electrons. The second-order valence-electron chi connectivity index (χ2n) is 7.65. The predicted molar refractivity (Wildman–Crippen MR) is 127 cm³/mol. The molecule has 0 aliphatic carbocycles. The third-order valence-corrected chi connectivity index (χ3v) is 6.24. The number of benzene rings is 2. The SMILES string of the molecule is CCN(Cc1ccccc1)C(=O)CSc1nc2n[nH]c(C)c2c(=N)n1-c1cccc(C)c1. The number of carbonyl (C=O) groups is 1. The number of rotatable bonds is 7. The van der Waals surface area contributed by atoms with Crippen molar-refractivity contribution in [1.82, 2.24) is 24.6 Å². The number of aryl methyl sites for hydroxylation is 2. The second kappa shape index (κ2) is 9.40. The quantitative estimate of drug-likeness (QED) is 0.332. The average molecular weight is 447 g/mol. The van der Waals surface area contributed by atoms with E-state index in [0.29, 0.717) is 34.8 Å². The second-order valence-corrected chi connectivity index (χ2v) is 8.59. The molecule has 2 N–H and O–H groups in total. The lowest BCUT2D eigenvalue weighted by atomic mass is 10.2. The van der Waals surface area contributed by atoms with E-state index < -0.39 is 0 Å². The van der Waals surface area contributed by atoms with Crippen LogP contribution >= 0.6 is 11.8 Å². The van der Waals surface area contributed by atoms with Crippen molar-refractivity contribution in [3.63, 3.8) is 0 Å². The van der Waals surface area contributed by atoms with Crippen molar-refractivity contribution in [2.75, 3.05) is 12.3 Å². The van der Waals surface area contributed by atoms with Gasteiger partial charge in [-0.3, -0.25) is 19.9 Å². The van der Waals surface area contributed by atoms with Gasteiger partial charge in [0.1, 0.15) is 5.49 Å². The lowest BCUT2D eigenvalue weighted by molar-refractivity contribution is -0.128. The Morgan fingerprint density at radius 3 is 2.66 bits per heavy atom. The summed E-state index contributed by atoms with van der Waals surface area (Å²) in [5.74, 6) is 0.261. The van der Waals surface area contributed by atoms with E-state index in [0.717, 1.165) is 22.5 Å². The fraction of sp³-hybridized carbons (Fsp3) is 0.250. The number of fused-ring (bicyclic) bond motifs is 1. The van der Waals surface area contributed by atoms with Gasteiger partial charge in [0.05, 0.1) is 11.1 Å². The summed E-state index contributed by atoms with van der Waals surface area (Å²) in [5.41, 5.74) is 4.62. The molecule has 8 heteroatoms. The Morgan fingerprint density at radius 2 is 1.94 bits per heavy atom. The summed E-state index contributed by atoms with van der Waals surface area (Å²) in [6.45, 7) is 7.08. The molecule has 0 spiro atoms. The van der Waals surface area contributed by atoms with E-state index in [2.05, 4.69) is 10.2 Å². The van der Waals surface area contributed by atoms with Gasteiger partial charge in [0.25, 0.3) is 0 Å². The van der Waals surface area contributed by atoms with Crippen LogP contribution in [0.2, 0.25) is 0 Å². The Labute approximate surface area is 191 Å². The molecule has 0 atom stereocenters. The molecule has 32 heavy (non-hydrogen) atoms. The van der Waals surface area contributed by atoms with Gasteiger partial charge in [-0.2, -0.15) is 5.10 Å². The summed E-state index contributed by atoms with van der Waals surface area (Å²) < 4.78 is 1.79. The third kappa shape index (κ3) is 4.45. The van der Waals surface area contributed by atoms with Gasteiger partial charge in [-0.25, -0.2) is 4.98 Å². The Morgan fingerprint density at radius 1 is 1.16 bits per heavy atom. The lowest BCUT2D eigenvalue weighted by Crippen LogP contribution is -2.32. The minimum atomic E-state index is 0.0313. The molecule has 2 aromatic carbocycles. The Bertz CT molecular complexity index is 1310. The highest BCUT2D eigenvalue weighted by Gasteiger charge is 2.18. The summed E-state index contributed by atoms with van der Waals surface area (Å²) in [7, 11) is 0. The topological polar surface area (TPSA) is 90.7 Å². The number of hydrogen-bond acceptors (Lipinski definition) is 5. The molecule has 2 heterocycles. The van der Waals surface area contributed by atoms with Crippen LogP contribution in [0.1, 0.15) is 23.7 Å². The molecular formula is C24H26N6OS. The van der Waals surface area contributed by atoms with E-state index in [-0.39, 0.29) is 11.7 Å². The van der Waals surface area contributed by atoms with Gasteiger partial charge in [-0.1, -0.05) is 54.2 Å². The Hall–Kier alpha value is -3.39. The summed E-state index contributed by atoms with van der Waals surface area (Å²) in [4.78, 5) is 19.5.